The Labute approximate surface area is 171 Å². The summed E-state index contributed by atoms with van der Waals surface area (Å²) in [7, 11) is 0. The number of carbonyl (C=O) groups excluding carboxylic acids is 1. The molecule has 0 radical (unpaired) electrons. The van der Waals surface area contributed by atoms with Crippen molar-refractivity contribution in [3.63, 3.8) is 0 Å². The van der Waals surface area contributed by atoms with E-state index in [1.165, 1.54) is 16.6 Å². The first-order chi connectivity index (χ1) is 14.2. The molecule has 5 heteroatoms. The second kappa shape index (κ2) is 7.64. The molecule has 0 unspecified atom stereocenters. The minimum atomic E-state index is 0.320. The van der Waals surface area contributed by atoms with Gasteiger partial charge in [0.1, 0.15) is 5.82 Å². The first-order valence-corrected chi connectivity index (χ1v) is 10.7. The lowest BCUT2D eigenvalue weighted by molar-refractivity contribution is -0.134. The average Bonchev–Trinajstić information content (AvgIpc) is 3.53. The lowest BCUT2D eigenvalue weighted by atomic mass is 10.1. The Morgan fingerprint density at radius 2 is 1.79 bits per heavy atom. The van der Waals surface area contributed by atoms with Crippen LogP contribution in [-0.2, 0) is 17.9 Å². The Kier molecular flexibility index (Phi) is 4.84. The molecule has 1 amide bonds. The SMILES string of the molecule is Cc1cccc(Cn2c(CN3CCN(C(=O)C4CC4)CC3)nc3ccccc32)c1. The molecule has 0 atom stereocenters. The van der Waals surface area contributed by atoms with Crippen molar-refractivity contribution in [2.24, 2.45) is 5.92 Å². The molecule has 1 aliphatic carbocycles. The van der Waals surface area contributed by atoms with E-state index in [-0.39, 0.29) is 0 Å². The van der Waals surface area contributed by atoms with Crippen LogP contribution in [0.5, 0.6) is 0 Å². The molecule has 1 saturated heterocycles. The van der Waals surface area contributed by atoms with Crippen molar-refractivity contribution in [1.82, 2.24) is 19.4 Å². The Hall–Kier alpha value is -2.66. The number of hydrogen-bond acceptors (Lipinski definition) is 3. The molecular weight excluding hydrogens is 360 g/mol. The third-order valence-electron chi connectivity index (χ3n) is 6.13. The standard InChI is InChI=1S/C24H28N4O/c1-18-5-4-6-19(15-18)16-28-22-8-3-2-7-21(22)25-23(28)17-26-11-13-27(14-12-26)24(29)20-9-10-20/h2-8,15,20H,9-14,16-17H2,1H3. The predicted molar refractivity (Wildman–Crippen MR) is 115 cm³/mol. The summed E-state index contributed by atoms with van der Waals surface area (Å²) in [4.78, 5) is 21.8. The van der Waals surface area contributed by atoms with Crippen LogP contribution in [-0.4, -0.2) is 51.4 Å². The third-order valence-corrected chi connectivity index (χ3v) is 6.13. The van der Waals surface area contributed by atoms with Crippen molar-refractivity contribution < 1.29 is 4.79 Å². The van der Waals surface area contributed by atoms with Crippen LogP contribution in [0.25, 0.3) is 11.0 Å². The third kappa shape index (κ3) is 3.92. The zero-order valence-electron chi connectivity index (χ0n) is 17.1. The van der Waals surface area contributed by atoms with Crippen molar-refractivity contribution in [3.05, 3.63) is 65.5 Å². The van der Waals surface area contributed by atoms with E-state index in [1.54, 1.807) is 0 Å². The van der Waals surface area contributed by atoms with Crippen LogP contribution in [0.3, 0.4) is 0 Å². The van der Waals surface area contributed by atoms with Gasteiger partial charge in [-0.1, -0.05) is 42.0 Å². The highest BCUT2D eigenvalue weighted by atomic mass is 16.2. The van der Waals surface area contributed by atoms with Gasteiger partial charge < -0.3 is 9.47 Å². The Morgan fingerprint density at radius 3 is 2.55 bits per heavy atom. The van der Waals surface area contributed by atoms with Gasteiger partial charge in [0.2, 0.25) is 5.91 Å². The van der Waals surface area contributed by atoms with E-state index in [0.717, 1.165) is 63.5 Å². The highest BCUT2D eigenvalue weighted by molar-refractivity contribution is 5.81. The molecule has 2 heterocycles. The van der Waals surface area contributed by atoms with Crippen LogP contribution in [0.4, 0.5) is 0 Å². The van der Waals surface area contributed by atoms with Crippen molar-refractivity contribution in [2.45, 2.75) is 32.9 Å². The van der Waals surface area contributed by atoms with Crippen LogP contribution in [0.2, 0.25) is 0 Å². The van der Waals surface area contributed by atoms with Gasteiger partial charge in [0.15, 0.2) is 0 Å². The molecule has 1 aromatic heterocycles. The summed E-state index contributed by atoms with van der Waals surface area (Å²) in [5.74, 6) is 1.80. The van der Waals surface area contributed by atoms with E-state index in [9.17, 15) is 4.79 Å². The topological polar surface area (TPSA) is 41.4 Å². The van der Waals surface area contributed by atoms with Crippen LogP contribution in [0, 0.1) is 12.8 Å². The molecule has 1 saturated carbocycles. The van der Waals surface area contributed by atoms with Gasteiger partial charge >= 0.3 is 0 Å². The van der Waals surface area contributed by atoms with Gasteiger partial charge in [-0.3, -0.25) is 9.69 Å². The minimum absolute atomic E-state index is 0.320. The number of carbonyl (C=O) groups is 1. The fraction of sp³-hybridized carbons (Fsp3) is 0.417. The molecule has 0 N–H and O–H groups in total. The molecule has 2 aromatic carbocycles. The van der Waals surface area contributed by atoms with Gasteiger partial charge in [0.05, 0.1) is 17.6 Å². The molecule has 0 bridgehead atoms. The quantitative estimate of drug-likeness (QED) is 0.672. The lowest BCUT2D eigenvalue weighted by Crippen LogP contribution is -2.49. The van der Waals surface area contributed by atoms with Crippen molar-refractivity contribution >= 4 is 16.9 Å². The summed E-state index contributed by atoms with van der Waals surface area (Å²) in [5.41, 5.74) is 4.82. The number of hydrogen-bond donors (Lipinski definition) is 0. The largest absolute Gasteiger partial charge is 0.340 e. The van der Waals surface area contributed by atoms with Crippen LogP contribution in [0.15, 0.2) is 48.5 Å². The molecule has 5 nitrogen and oxygen atoms in total. The zero-order chi connectivity index (χ0) is 19.8. The number of aromatic nitrogens is 2. The summed E-state index contributed by atoms with van der Waals surface area (Å²) >= 11 is 0. The van der Waals surface area contributed by atoms with Crippen LogP contribution < -0.4 is 0 Å². The first-order valence-electron chi connectivity index (χ1n) is 10.7. The number of fused-ring (bicyclic) bond motifs is 1. The average molecular weight is 389 g/mol. The van der Waals surface area contributed by atoms with E-state index < -0.39 is 0 Å². The van der Waals surface area contributed by atoms with Crippen molar-refractivity contribution in [1.29, 1.82) is 0 Å². The van der Waals surface area contributed by atoms with E-state index >= 15 is 0 Å². The molecule has 150 valence electrons. The maximum atomic E-state index is 12.3. The van der Waals surface area contributed by atoms with Gasteiger partial charge in [0.25, 0.3) is 0 Å². The summed E-state index contributed by atoms with van der Waals surface area (Å²) in [5, 5.41) is 0. The molecule has 0 spiro atoms. The molecule has 2 fully saturated rings. The van der Waals surface area contributed by atoms with Crippen molar-refractivity contribution in [3.8, 4) is 0 Å². The fourth-order valence-electron chi connectivity index (χ4n) is 4.33. The maximum absolute atomic E-state index is 12.3. The molecule has 29 heavy (non-hydrogen) atoms. The number of rotatable bonds is 5. The first kappa shape index (κ1) is 18.4. The number of aryl methyl sites for hydroxylation is 1. The molecule has 1 aliphatic heterocycles. The Bertz CT molecular complexity index is 1030. The monoisotopic (exact) mass is 388 g/mol. The number of benzene rings is 2. The Balaban J connectivity index is 1.35. The summed E-state index contributed by atoms with van der Waals surface area (Å²) in [6.45, 7) is 7.32. The van der Waals surface area contributed by atoms with Gasteiger partial charge in [-0.15, -0.1) is 0 Å². The Morgan fingerprint density at radius 1 is 1.00 bits per heavy atom. The number of nitrogens with zero attached hydrogens (tertiary/aromatic N) is 4. The maximum Gasteiger partial charge on any atom is 0.225 e. The number of para-hydroxylation sites is 2. The van der Waals surface area contributed by atoms with E-state index in [2.05, 4.69) is 69.8 Å². The molecule has 5 rings (SSSR count). The van der Waals surface area contributed by atoms with Gasteiger partial charge in [-0.25, -0.2) is 4.98 Å². The second-order valence-electron chi connectivity index (χ2n) is 8.47. The fourth-order valence-corrected chi connectivity index (χ4v) is 4.33. The van der Waals surface area contributed by atoms with Crippen LogP contribution >= 0.6 is 0 Å². The number of imidazole rings is 1. The smallest absolute Gasteiger partial charge is 0.225 e. The molecule has 3 aromatic rings. The second-order valence-corrected chi connectivity index (χ2v) is 8.47. The van der Waals surface area contributed by atoms with Crippen LogP contribution in [0.1, 0.15) is 29.8 Å². The number of piperazine rings is 1. The zero-order valence-corrected chi connectivity index (χ0v) is 17.1. The van der Waals surface area contributed by atoms with E-state index in [4.69, 9.17) is 4.98 Å². The minimum Gasteiger partial charge on any atom is -0.340 e. The van der Waals surface area contributed by atoms with Gasteiger partial charge in [-0.2, -0.15) is 0 Å². The molecular formula is C24H28N4O. The normalized spacial score (nSPS) is 17.8. The highest BCUT2D eigenvalue weighted by Gasteiger charge is 2.34. The van der Waals surface area contributed by atoms with E-state index in [0.29, 0.717) is 11.8 Å². The van der Waals surface area contributed by atoms with Gasteiger partial charge in [0, 0.05) is 38.6 Å². The highest BCUT2D eigenvalue weighted by Crippen LogP contribution is 2.31. The molecule has 2 aliphatic rings. The summed E-state index contributed by atoms with van der Waals surface area (Å²) < 4.78 is 2.35. The summed E-state index contributed by atoms with van der Waals surface area (Å²) in [6, 6.07) is 17.1. The number of amides is 1. The van der Waals surface area contributed by atoms with Gasteiger partial charge in [-0.05, 0) is 37.5 Å². The van der Waals surface area contributed by atoms with E-state index in [1.807, 2.05) is 0 Å². The predicted octanol–water partition coefficient (Wildman–Crippen LogP) is 3.45. The van der Waals surface area contributed by atoms with Crippen molar-refractivity contribution in [2.75, 3.05) is 26.2 Å². The lowest BCUT2D eigenvalue weighted by Gasteiger charge is -2.34. The summed E-state index contributed by atoms with van der Waals surface area (Å²) in [6.07, 6.45) is 2.17.